The van der Waals surface area contributed by atoms with E-state index in [1.165, 1.54) is 24.1 Å². The third-order valence-corrected chi connectivity index (χ3v) is 10.0. The van der Waals surface area contributed by atoms with Crippen LogP contribution < -0.4 is 14.4 Å². The van der Waals surface area contributed by atoms with Gasteiger partial charge in [0.25, 0.3) is 10.0 Å². The number of nitrogens with one attached hydrogen (secondary N) is 1. The number of methoxy groups -OCH3 is 1. The Labute approximate surface area is 257 Å². The molecule has 4 rings (SSSR count). The lowest BCUT2D eigenvalue weighted by atomic mass is 10.1. The van der Waals surface area contributed by atoms with Crippen molar-refractivity contribution in [2.24, 2.45) is 0 Å². The molecule has 1 saturated carbocycles. The van der Waals surface area contributed by atoms with Gasteiger partial charge in [-0.25, -0.2) is 8.42 Å². The van der Waals surface area contributed by atoms with Crippen molar-refractivity contribution in [2.75, 3.05) is 18.0 Å². The number of rotatable bonds is 11. The first-order valence-electron chi connectivity index (χ1n) is 14.1. The molecule has 1 aliphatic carbocycles. The van der Waals surface area contributed by atoms with Crippen LogP contribution in [0.3, 0.4) is 0 Å². The quantitative estimate of drug-likeness (QED) is 0.284. The standard InChI is InChI=1S/C32H38BrN3O5S/c1-22-12-14-27(15-13-22)36(42(39,40)28-16-17-30(41-4)29(33)19-28)21-31(37)35(20-25-9-7-8-23(2)18-25)24(3)32(38)34-26-10-5-6-11-26/h7-9,12-19,24,26H,5-6,10-11,20-21H2,1-4H3,(H,34,38)/t24-/m1/s1. The molecule has 1 aliphatic rings. The van der Waals surface area contributed by atoms with Crippen LogP contribution in [-0.2, 0) is 26.2 Å². The van der Waals surface area contributed by atoms with Gasteiger partial charge in [-0.3, -0.25) is 13.9 Å². The molecule has 2 amide bonds. The summed E-state index contributed by atoms with van der Waals surface area (Å²) in [7, 11) is -2.69. The summed E-state index contributed by atoms with van der Waals surface area (Å²) in [6.45, 7) is 5.24. The molecule has 42 heavy (non-hydrogen) atoms. The SMILES string of the molecule is COc1ccc(S(=O)(=O)N(CC(=O)N(Cc2cccc(C)c2)[C@H](C)C(=O)NC2CCCC2)c2ccc(C)cc2)cc1Br. The van der Waals surface area contributed by atoms with E-state index in [9.17, 15) is 18.0 Å². The Balaban J connectivity index is 1.70. The lowest BCUT2D eigenvalue weighted by Gasteiger charge is -2.32. The summed E-state index contributed by atoms with van der Waals surface area (Å²) < 4.78 is 35.0. The number of benzene rings is 3. The van der Waals surface area contributed by atoms with Crippen molar-refractivity contribution in [1.82, 2.24) is 10.2 Å². The van der Waals surface area contributed by atoms with Crippen LogP contribution in [-0.4, -0.2) is 50.9 Å². The molecule has 0 saturated heterocycles. The van der Waals surface area contributed by atoms with Crippen LogP contribution in [0.5, 0.6) is 5.75 Å². The van der Waals surface area contributed by atoms with Gasteiger partial charge >= 0.3 is 0 Å². The van der Waals surface area contributed by atoms with Crippen LogP contribution in [0, 0.1) is 13.8 Å². The molecule has 1 atom stereocenters. The molecule has 3 aromatic carbocycles. The number of carbonyl (C=O) groups excluding carboxylic acids is 2. The summed E-state index contributed by atoms with van der Waals surface area (Å²) in [5, 5.41) is 3.09. The van der Waals surface area contributed by atoms with Gasteiger partial charge in [-0.1, -0.05) is 60.4 Å². The number of hydrogen-bond donors (Lipinski definition) is 1. The van der Waals surface area contributed by atoms with Gasteiger partial charge in [-0.05, 0) is 85.4 Å². The molecule has 10 heteroatoms. The lowest BCUT2D eigenvalue weighted by Crippen LogP contribution is -2.52. The van der Waals surface area contributed by atoms with Crippen LogP contribution in [0.2, 0.25) is 0 Å². The lowest BCUT2D eigenvalue weighted by molar-refractivity contribution is -0.139. The minimum Gasteiger partial charge on any atom is -0.496 e. The van der Waals surface area contributed by atoms with Crippen molar-refractivity contribution < 1.29 is 22.7 Å². The van der Waals surface area contributed by atoms with Gasteiger partial charge in [-0.2, -0.15) is 0 Å². The van der Waals surface area contributed by atoms with Gasteiger partial charge < -0.3 is 15.0 Å². The normalized spacial score (nSPS) is 14.3. The minimum atomic E-state index is -4.19. The number of carbonyl (C=O) groups is 2. The third-order valence-electron chi connectivity index (χ3n) is 7.62. The zero-order valence-electron chi connectivity index (χ0n) is 24.5. The van der Waals surface area contributed by atoms with E-state index in [1.54, 1.807) is 37.3 Å². The van der Waals surface area contributed by atoms with Crippen molar-refractivity contribution in [3.8, 4) is 5.75 Å². The van der Waals surface area contributed by atoms with E-state index >= 15 is 0 Å². The van der Waals surface area contributed by atoms with Crippen LogP contribution in [0.1, 0.15) is 49.3 Å². The molecule has 0 heterocycles. The Morgan fingerprint density at radius 3 is 2.31 bits per heavy atom. The average Bonchev–Trinajstić information content (AvgIpc) is 3.47. The summed E-state index contributed by atoms with van der Waals surface area (Å²) in [6, 6.07) is 18.4. The highest BCUT2D eigenvalue weighted by atomic mass is 79.9. The summed E-state index contributed by atoms with van der Waals surface area (Å²) in [5.74, 6) is -0.243. The fourth-order valence-electron chi connectivity index (χ4n) is 5.16. The Hall–Kier alpha value is -3.37. The van der Waals surface area contributed by atoms with Crippen molar-refractivity contribution in [3.05, 3.63) is 87.9 Å². The van der Waals surface area contributed by atoms with Gasteiger partial charge in [0, 0.05) is 12.6 Å². The fraction of sp³-hybridized carbons (Fsp3) is 0.375. The Morgan fingerprint density at radius 2 is 1.69 bits per heavy atom. The first kappa shape index (κ1) is 31.6. The van der Waals surface area contributed by atoms with Gasteiger partial charge in [0.05, 0.1) is 22.2 Å². The van der Waals surface area contributed by atoms with Gasteiger partial charge in [-0.15, -0.1) is 0 Å². The zero-order chi connectivity index (χ0) is 30.4. The molecule has 0 radical (unpaired) electrons. The van der Waals surface area contributed by atoms with E-state index < -0.39 is 28.5 Å². The number of hydrogen-bond acceptors (Lipinski definition) is 5. The second-order valence-electron chi connectivity index (χ2n) is 10.8. The highest BCUT2D eigenvalue weighted by Gasteiger charge is 2.33. The van der Waals surface area contributed by atoms with E-state index in [-0.39, 0.29) is 23.4 Å². The number of ether oxygens (including phenoxy) is 1. The summed E-state index contributed by atoms with van der Waals surface area (Å²) in [5.41, 5.74) is 3.18. The summed E-state index contributed by atoms with van der Waals surface area (Å²) >= 11 is 3.37. The summed E-state index contributed by atoms with van der Waals surface area (Å²) in [6.07, 6.45) is 3.97. The Bertz CT molecular complexity index is 1520. The number of amides is 2. The number of sulfonamides is 1. The molecule has 0 aromatic heterocycles. The van der Waals surface area contributed by atoms with Crippen LogP contribution in [0.25, 0.3) is 0 Å². The van der Waals surface area contributed by atoms with Crippen molar-refractivity contribution in [3.63, 3.8) is 0 Å². The maximum Gasteiger partial charge on any atom is 0.264 e. The number of halogens is 1. The molecule has 1 fully saturated rings. The first-order chi connectivity index (χ1) is 20.0. The van der Waals surface area contributed by atoms with Gasteiger partial charge in [0.15, 0.2) is 0 Å². The molecule has 1 N–H and O–H groups in total. The molecule has 3 aromatic rings. The van der Waals surface area contributed by atoms with Crippen molar-refractivity contribution in [1.29, 1.82) is 0 Å². The van der Waals surface area contributed by atoms with Crippen LogP contribution >= 0.6 is 15.9 Å². The summed E-state index contributed by atoms with van der Waals surface area (Å²) in [4.78, 5) is 29.0. The second kappa shape index (κ2) is 13.7. The second-order valence-corrected chi connectivity index (χ2v) is 13.5. The predicted molar refractivity (Wildman–Crippen MR) is 168 cm³/mol. The highest BCUT2D eigenvalue weighted by Crippen LogP contribution is 2.31. The molecule has 8 nitrogen and oxygen atoms in total. The van der Waals surface area contributed by atoms with E-state index in [2.05, 4.69) is 21.2 Å². The van der Waals surface area contributed by atoms with Crippen LogP contribution in [0.4, 0.5) is 5.69 Å². The van der Waals surface area contributed by atoms with E-state index in [1.807, 2.05) is 38.1 Å². The minimum absolute atomic E-state index is 0.000749. The van der Waals surface area contributed by atoms with E-state index in [0.29, 0.717) is 15.9 Å². The van der Waals surface area contributed by atoms with Gasteiger partial charge in [0.2, 0.25) is 11.8 Å². The number of anilines is 1. The topological polar surface area (TPSA) is 96.0 Å². The monoisotopic (exact) mass is 655 g/mol. The maximum atomic E-state index is 14.1. The molecule has 0 unspecified atom stereocenters. The molecule has 0 spiro atoms. The Morgan fingerprint density at radius 1 is 1.00 bits per heavy atom. The molecule has 0 bridgehead atoms. The van der Waals surface area contributed by atoms with E-state index in [0.717, 1.165) is 46.7 Å². The average molecular weight is 657 g/mol. The molecule has 0 aliphatic heterocycles. The third kappa shape index (κ3) is 7.52. The number of nitrogens with zero attached hydrogens (tertiary/aromatic N) is 2. The van der Waals surface area contributed by atoms with Crippen molar-refractivity contribution in [2.45, 2.75) is 70.0 Å². The molecular formula is C32H38BrN3O5S. The van der Waals surface area contributed by atoms with E-state index in [4.69, 9.17) is 4.74 Å². The largest absolute Gasteiger partial charge is 0.496 e. The Kier molecular flexibility index (Phi) is 10.3. The highest BCUT2D eigenvalue weighted by molar-refractivity contribution is 9.10. The van der Waals surface area contributed by atoms with Crippen molar-refractivity contribution >= 4 is 43.5 Å². The smallest absolute Gasteiger partial charge is 0.264 e. The maximum absolute atomic E-state index is 14.1. The number of aryl methyl sites for hydroxylation is 2. The molecule has 224 valence electrons. The first-order valence-corrected chi connectivity index (χ1v) is 16.3. The zero-order valence-corrected chi connectivity index (χ0v) is 26.9. The van der Waals surface area contributed by atoms with Crippen LogP contribution in [0.15, 0.2) is 76.1 Å². The fourth-order valence-corrected chi connectivity index (χ4v) is 7.29. The molecular weight excluding hydrogens is 618 g/mol. The van der Waals surface area contributed by atoms with Gasteiger partial charge in [0.1, 0.15) is 18.3 Å². The predicted octanol–water partition coefficient (Wildman–Crippen LogP) is 5.75.